The molecule has 26 heavy (non-hydrogen) atoms. The molecule has 0 spiro atoms. The lowest BCUT2D eigenvalue weighted by Crippen LogP contribution is -2.37. The van der Waals surface area contributed by atoms with Gasteiger partial charge in [0.05, 0.1) is 10.9 Å². The van der Waals surface area contributed by atoms with Crippen molar-refractivity contribution in [2.24, 2.45) is 5.92 Å². The number of aryl methyl sites for hydroxylation is 1. The van der Waals surface area contributed by atoms with Gasteiger partial charge in [0, 0.05) is 18.0 Å². The second kappa shape index (κ2) is 7.18. The Morgan fingerprint density at radius 1 is 1.42 bits per heavy atom. The molecule has 2 atom stereocenters. The number of piperidine rings is 1. The molecule has 138 valence electrons. The van der Waals surface area contributed by atoms with E-state index in [0.29, 0.717) is 10.9 Å². The van der Waals surface area contributed by atoms with Crippen molar-refractivity contribution >= 4 is 27.9 Å². The molecule has 3 heterocycles. The number of hydrogen-bond donors (Lipinski definition) is 1. The molecule has 1 aliphatic heterocycles. The molecular formula is C19H23ClN4OS. The number of aromatic hydroxyl groups is 1. The van der Waals surface area contributed by atoms with E-state index >= 15 is 0 Å². The molecule has 3 aromatic rings. The zero-order valence-electron chi connectivity index (χ0n) is 15.0. The number of aromatic nitrogens is 3. The van der Waals surface area contributed by atoms with Crippen molar-refractivity contribution in [3.8, 4) is 5.88 Å². The summed E-state index contributed by atoms with van der Waals surface area (Å²) in [6.45, 7) is 6.32. The highest BCUT2D eigenvalue weighted by Gasteiger charge is 2.31. The topological polar surface area (TPSA) is 53.7 Å². The summed E-state index contributed by atoms with van der Waals surface area (Å²) < 4.78 is 1.57. The maximum atomic E-state index is 10.9. The van der Waals surface area contributed by atoms with E-state index in [4.69, 9.17) is 11.6 Å². The van der Waals surface area contributed by atoms with E-state index in [9.17, 15) is 5.11 Å². The van der Waals surface area contributed by atoms with Gasteiger partial charge in [-0.3, -0.25) is 4.90 Å². The van der Waals surface area contributed by atoms with Gasteiger partial charge in [0.2, 0.25) is 10.8 Å². The number of thiazole rings is 1. The molecule has 1 aromatic carbocycles. The van der Waals surface area contributed by atoms with Gasteiger partial charge in [-0.2, -0.15) is 4.52 Å². The third-order valence-corrected chi connectivity index (χ3v) is 6.33. The Labute approximate surface area is 162 Å². The molecule has 7 heteroatoms. The maximum absolute atomic E-state index is 10.9. The zero-order valence-corrected chi connectivity index (χ0v) is 16.6. The van der Waals surface area contributed by atoms with Crippen LogP contribution < -0.4 is 0 Å². The van der Waals surface area contributed by atoms with Gasteiger partial charge in [-0.05, 0) is 43.0 Å². The molecule has 1 saturated heterocycles. The number of benzene rings is 1. The summed E-state index contributed by atoms with van der Waals surface area (Å²) in [4.78, 5) is 8.61. The van der Waals surface area contributed by atoms with Crippen LogP contribution >= 0.6 is 22.9 Å². The van der Waals surface area contributed by atoms with E-state index in [0.717, 1.165) is 40.7 Å². The lowest BCUT2D eigenvalue weighted by molar-refractivity contribution is 0.149. The quantitative estimate of drug-likeness (QED) is 0.710. The first-order chi connectivity index (χ1) is 12.6. The van der Waals surface area contributed by atoms with Crippen LogP contribution in [0.1, 0.15) is 49.0 Å². The predicted molar refractivity (Wildman–Crippen MR) is 105 cm³/mol. The molecule has 0 unspecified atom stereocenters. The van der Waals surface area contributed by atoms with Crippen molar-refractivity contribution in [2.45, 2.75) is 39.2 Å². The number of rotatable bonds is 4. The first-order valence-corrected chi connectivity index (χ1v) is 10.3. The predicted octanol–water partition coefficient (Wildman–Crippen LogP) is 4.53. The fourth-order valence-electron chi connectivity index (χ4n) is 3.78. The maximum Gasteiger partial charge on any atom is 0.230 e. The van der Waals surface area contributed by atoms with Crippen LogP contribution in [0.15, 0.2) is 24.3 Å². The van der Waals surface area contributed by atoms with Gasteiger partial charge in [0.15, 0.2) is 5.82 Å². The van der Waals surface area contributed by atoms with Crippen molar-refractivity contribution in [2.75, 3.05) is 13.1 Å². The van der Waals surface area contributed by atoms with Crippen molar-refractivity contribution in [1.82, 2.24) is 19.5 Å². The third kappa shape index (κ3) is 3.21. The van der Waals surface area contributed by atoms with Crippen molar-refractivity contribution < 1.29 is 5.11 Å². The number of halogens is 1. The van der Waals surface area contributed by atoms with Crippen LogP contribution in [0.5, 0.6) is 5.88 Å². The van der Waals surface area contributed by atoms with Gasteiger partial charge < -0.3 is 5.11 Å². The van der Waals surface area contributed by atoms with Gasteiger partial charge in [-0.25, -0.2) is 4.98 Å². The molecule has 0 radical (unpaired) electrons. The number of nitrogens with zero attached hydrogens (tertiary/aromatic N) is 4. The van der Waals surface area contributed by atoms with E-state index in [1.54, 1.807) is 4.52 Å². The van der Waals surface area contributed by atoms with E-state index in [-0.39, 0.29) is 11.9 Å². The highest BCUT2D eigenvalue weighted by molar-refractivity contribution is 7.17. The number of hydrogen-bond acceptors (Lipinski definition) is 5. The van der Waals surface area contributed by atoms with Crippen LogP contribution in [-0.2, 0) is 6.42 Å². The van der Waals surface area contributed by atoms with Gasteiger partial charge in [0.25, 0.3) is 0 Å². The van der Waals surface area contributed by atoms with Crippen LogP contribution in [0.25, 0.3) is 4.96 Å². The second-order valence-electron chi connectivity index (χ2n) is 7.07. The Morgan fingerprint density at radius 2 is 2.27 bits per heavy atom. The minimum absolute atomic E-state index is 0.0324. The summed E-state index contributed by atoms with van der Waals surface area (Å²) in [5, 5.41) is 16.0. The monoisotopic (exact) mass is 390 g/mol. The molecule has 0 amide bonds. The van der Waals surface area contributed by atoms with Gasteiger partial charge >= 0.3 is 0 Å². The van der Waals surface area contributed by atoms with E-state index in [1.807, 2.05) is 25.1 Å². The first-order valence-electron chi connectivity index (χ1n) is 9.13. The van der Waals surface area contributed by atoms with Crippen LogP contribution in [-0.4, -0.2) is 37.7 Å². The minimum atomic E-state index is -0.0324. The SMILES string of the molecule is CCc1nc2sc([C@@H](c3cccc(Cl)c3)N3CCC[C@H](C)C3)c(O)n2n1. The smallest absolute Gasteiger partial charge is 0.230 e. The molecule has 1 aliphatic rings. The molecule has 1 fully saturated rings. The number of fused-ring (bicyclic) bond motifs is 1. The summed E-state index contributed by atoms with van der Waals surface area (Å²) in [5.41, 5.74) is 1.10. The standard InChI is InChI=1S/C19H23ClN4OS/c1-3-15-21-19-24(22-15)18(25)17(26-19)16(13-7-4-8-14(20)10-13)23-9-5-6-12(2)11-23/h4,7-8,10,12,16,25H,3,5-6,9,11H2,1-2H3/t12-,16+/m0/s1. The minimum Gasteiger partial charge on any atom is -0.492 e. The molecule has 0 bridgehead atoms. The van der Waals surface area contributed by atoms with E-state index in [1.165, 1.54) is 24.2 Å². The Balaban J connectivity index is 1.82. The Bertz CT molecular complexity index is 922. The van der Waals surface area contributed by atoms with Crippen molar-refractivity contribution in [3.63, 3.8) is 0 Å². The van der Waals surface area contributed by atoms with Crippen molar-refractivity contribution in [1.29, 1.82) is 0 Å². The summed E-state index contributed by atoms with van der Waals surface area (Å²) in [6, 6.07) is 7.91. The van der Waals surface area contributed by atoms with Crippen LogP contribution in [0.3, 0.4) is 0 Å². The Hall–Kier alpha value is -1.63. The lowest BCUT2D eigenvalue weighted by atomic mass is 9.95. The first kappa shape index (κ1) is 17.8. The summed E-state index contributed by atoms with van der Waals surface area (Å²) in [6.07, 6.45) is 3.17. The highest BCUT2D eigenvalue weighted by atomic mass is 35.5. The molecule has 4 rings (SSSR count). The lowest BCUT2D eigenvalue weighted by Gasteiger charge is -2.37. The summed E-state index contributed by atoms with van der Waals surface area (Å²) in [5.74, 6) is 1.59. The van der Waals surface area contributed by atoms with E-state index in [2.05, 4.69) is 28.0 Å². The average molecular weight is 391 g/mol. The largest absolute Gasteiger partial charge is 0.492 e. The Morgan fingerprint density at radius 3 is 2.96 bits per heavy atom. The molecule has 1 N–H and O–H groups in total. The average Bonchev–Trinajstić information content (AvgIpc) is 3.15. The fourth-order valence-corrected chi connectivity index (χ4v) is 5.12. The van der Waals surface area contributed by atoms with Gasteiger partial charge in [-0.1, -0.05) is 48.9 Å². The summed E-state index contributed by atoms with van der Waals surface area (Å²) >= 11 is 7.79. The third-order valence-electron chi connectivity index (χ3n) is 5.03. The molecule has 2 aromatic heterocycles. The number of likely N-dealkylation sites (tertiary alicyclic amines) is 1. The Kier molecular flexibility index (Phi) is 4.90. The fraction of sp³-hybridized carbons (Fsp3) is 0.474. The molecule has 0 aliphatic carbocycles. The normalized spacial score (nSPS) is 19.9. The molecular weight excluding hydrogens is 368 g/mol. The zero-order chi connectivity index (χ0) is 18.3. The van der Waals surface area contributed by atoms with Crippen LogP contribution in [0, 0.1) is 5.92 Å². The molecule has 0 saturated carbocycles. The van der Waals surface area contributed by atoms with Gasteiger partial charge in [-0.15, -0.1) is 5.10 Å². The van der Waals surface area contributed by atoms with Crippen LogP contribution in [0.4, 0.5) is 0 Å². The van der Waals surface area contributed by atoms with E-state index < -0.39 is 0 Å². The van der Waals surface area contributed by atoms with Crippen LogP contribution in [0.2, 0.25) is 5.02 Å². The van der Waals surface area contributed by atoms with Crippen molar-refractivity contribution in [3.05, 3.63) is 45.6 Å². The summed E-state index contributed by atoms with van der Waals surface area (Å²) in [7, 11) is 0. The second-order valence-corrected chi connectivity index (χ2v) is 8.51. The highest BCUT2D eigenvalue weighted by Crippen LogP contribution is 2.41. The van der Waals surface area contributed by atoms with Gasteiger partial charge in [0.1, 0.15) is 0 Å². The molecule has 5 nitrogen and oxygen atoms in total.